The average molecular weight is 225 g/mol. The van der Waals surface area contributed by atoms with E-state index in [1.165, 1.54) is 50.2 Å². The third kappa shape index (κ3) is 17.3. The van der Waals surface area contributed by atoms with Gasteiger partial charge < -0.3 is 24.8 Å². The van der Waals surface area contributed by atoms with Crippen molar-refractivity contribution in [2.45, 2.75) is 57.2 Å². The molecule has 0 spiro atoms. The molecule has 0 nitrogen and oxygen atoms in total. The van der Waals surface area contributed by atoms with Gasteiger partial charge in [-0.25, -0.2) is 0 Å². The van der Waals surface area contributed by atoms with E-state index in [2.05, 4.69) is 23.2 Å². The molecule has 0 atom stereocenters. The predicted molar refractivity (Wildman–Crippen MR) is 48.6 cm³/mol. The summed E-state index contributed by atoms with van der Waals surface area (Å²) in [5.41, 5.74) is 0. The summed E-state index contributed by atoms with van der Waals surface area (Å²) < 4.78 is 0. The van der Waals surface area contributed by atoms with Crippen molar-refractivity contribution in [3.05, 3.63) is 0 Å². The monoisotopic (exact) mass is 224 g/mol. The summed E-state index contributed by atoms with van der Waals surface area (Å²) in [5.74, 6) is 0. The smallest absolute Gasteiger partial charge is 1.00 e. The van der Waals surface area contributed by atoms with Crippen LogP contribution < -0.4 is 24.8 Å². The van der Waals surface area contributed by atoms with Gasteiger partial charge in [-0.15, -0.1) is 0 Å². The molecule has 0 saturated carbocycles. The first-order valence-corrected chi connectivity index (χ1v) is 5.43. The molecular weight excluding hydrogens is 206 g/mol. The van der Waals surface area contributed by atoms with Crippen LogP contribution in [-0.2, 0) is 0 Å². The zero-order valence-electron chi connectivity index (χ0n) is 7.99. The van der Waals surface area contributed by atoms with Gasteiger partial charge in [-0.1, -0.05) is 0 Å². The van der Waals surface area contributed by atoms with Gasteiger partial charge in [0.15, 0.2) is 0 Å². The SMILES string of the molecule is CCCCCCCC[CH2][Al+2].[Cl-].[Cl-]. The third-order valence-corrected chi connectivity index (χ3v) is 2.22. The molecule has 0 amide bonds. The first-order valence-electron chi connectivity index (χ1n) is 4.62. The molecule has 0 aromatic rings. The topological polar surface area (TPSA) is 0 Å². The van der Waals surface area contributed by atoms with Crippen molar-refractivity contribution < 1.29 is 24.8 Å². The molecule has 0 heterocycles. The summed E-state index contributed by atoms with van der Waals surface area (Å²) in [4.78, 5) is 0. The first-order chi connectivity index (χ1) is 4.91. The van der Waals surface area contributed by atoms with Crippen molar-refractivity contribution >= 4 is 16.3 Å². The molecule has 0 aliphatic heterocycles. The van der Waals surface area contributed by atoms with Gasteiger partial charge in [0.05, 0.1) is 0 Å². The number of hydrogen-bond acceptors (Lipinski definition) is 0. The van der Waals surface area contributed by atoms with Crippen LogP contribution in [0.1, 0.15) is 51.9 Å². The van der Waals surface area contributed by atoms with Crippen molar-refractivity contribution in [3.63, 3.8) is 0 Å². The van der Waals surface area contributed by atoms with Crippen molar-refractivity contribution in [3.8, 4) is 0 Å². The van der Waals surface area contributed by atoms with E-state index in [0.29, 0.717) is 0 Å². The minimum atomic E-state index is 0. The quantitative estimate of drug-likeness (QED) is 0.327. The van der Waals surface area contributed by atoms with Crippen molar-refractivity contribution in [1.82, 2.24) is 0 Å². The summed E-state index contributed by atoms with van der Waals surface area (Å²) in [6, 6.07) is 0. The Hall–Kier alpha value is 1.11. The normalized spacial score (nSPS) is 8.58. The molecule has 0 rings (SSSR count). The van der Waals surface area contributed by atoms with Gasteiger partial charge in [-0.05, 0) is 0 Å². The van der Waals surface area contributed by atoms with Gasteiger partial charge in [0.2, 0.25) is 0 Å². The zero-order valence-corrected chi connectivity index (χ0v) is 10.7. The van der Waals surface area contributed by atoms with E-state index in [-0.39, 0.29) is 24.8 Å². The zero-order chi connectivity index (χ0) is 7.66. The fourth-order valence-corrected chi connectivity index (χ4v) is 1.39. The Kier molecular flexibility index (Phi) is 28.2. The van der Waals surface area contributed by atoms with E-state index < -0.39 is 0 Å². The van der Waals surface area contributed by atoms with E-state index in [4.69, 9.17) is 0 Å². The van der Waals surface area contributed by atoms with Crippen molar-refractivity contribution in [2.75, 3.05) is 0 Å². The number of hydrogen-bond donors (Lipinski definition) is 0. The van der Waals surface area contributed by atoms with Gasteiger partial charge in [0, 0.05) is 0 Å². The second-order valence-corrected chi connectivity index (χ2v) is 3.49. The largest absolute Gasteiger partial charge is 1.00 e. The molecule has 0 aromatic carbocycles. The molecular formula is C9H19AlCl2. The molecule has 0 aromatic heterocycles. The van der Waals surface area contributed by atoms with E-state index in [9.17, 15) is 0 Å². The van der Waals surface area contributed by atoms with Crippen molar-refractivity contribution in [1.29, 1.82) is 0 Å². The Bertz CT molecular complexity index is 52.5. The Labute approximate surface area is 98.1 Å². The Morgan fingerprint density at radius 3 is 1.58 bits per heavy atom. The van der Waals surface area contributed by atoms with E-state index in [1.54, 1.807) is 0 Å². The van der Waals surface area contributed by atoms with E-state index in [0.717, 1.165) is 0 Å². The maximum Gasteiger partial charge on any atom is -1.00 e. The first kappa shape index (κ1) is 18.8. The molecule has 0 saturated heterocycles. The molecule has 72 valence electrons. The molecule has 0 bridgehead atoms. The molecule has 0 unspecified atom stereocenters. The van der Waals surface area contributed by atoms with Gasteiger partial charge in [-0.2, -0.15) is 0 Å². The minimum absolute atomic E-state index is 0. The predicted octanol–water partition coefficient (Wildman–Crippen LogP) is -2.67. The molecule has 0 N–H and O–H groups in total. The summed E-state index contributed by atoms with van der Waals surface area (Å²) in [7, 11) is 0. The van der Waals surface area contributed by atoms with Crippen molar-refractivity contribution in [2.24, 2.45) is 0 Å². The second kappa shape index (κ2) is 18.0. The Balaban J connectivity index is -0.000000405. The molecule has 0 aliphatic carbocycles. The molecule has 3 heteroatoms. The number of unbranched alkanes of at least 4 members (excludes halogenated alkanes) is 6. The van der Waals surface area contributed by atoms with Gasteiger partial charge in [0.1, 0.15) is 0 Å². The van der Waals surface area contributed by atoms with Gasteiger partial charge in [0.25, 0.3) is 0 Å². The standard InChI is InChI=1S/C9H19.Al.2ClH/c1-3-5-7-9-8-6-4-2;;;/h1,3-9H2,2H3;;2*1H/q;+2;;/p-2. The minimum Gasteiger partial charge on any atom is -1.00 e. The Morgan fingerprint density at radius 1 is 0.750 bits per heavy atom. The van der Waals surface area contributed by atoms with Crippen LogP contribution in [0.2, 0.25) is 5.28 Å². The van der Waals surface area contributed by atoms with Crippen LogP contribution in [0.3, 0.4) is 0 Å². The summed E-state index contributed by atoms with van der Waals surface area (Å²) in [6.45, 7) is 2.27. The molecule has 0 radical (unpaired) electrons. The van der Waals surface area contributed by atoms with Gasteiger partial charge in [-0.3, -0.25) is 0 Å². The maximum atomic E-state index is 2.79. The number of rotatable bonds is 7. The maximum absolute atomic E-state index is 2.79. The van der Waals surface area contributed by atoms with E-state index >= 15 is 0 Å². The fourth-order valence-electron chi connectivity index (χ4n) is 1.10. The molecule has 12 heavy (non-hydrogen) atoms. The van der Waals surface area contributed by atoms with Crippen LogP contribution >= 0.6 is 0 Å². The van der Waals surface area contributed by atoms with Crippen LogP contribution in [0, 0.1) is 0 Å². The Morgan fingerprint density at radius 2 is 1.17 bits per heavy atom. The summed E-state index contributed by atoms with van der Waals surface area (Å²) >= 11 is 2.79. The number of halogens is 2. The van der Waals surface area contributed by atoms with E-state index in [1.807, 2.05) is 0 Å². The van der Waals surface area contributed by atoms with Gasteiger partial charge >= 0.3 is 73.4 Å². The van der Waals surface area contributed by atoms with Crippen LogP contribution in [0.4, 0.5) is 0 Å². The van der Waals surface area contributed by atoms with Crippen LogP contribution in [0.15, 0.2) is 0 Å². The van der Waals surface area contributed by atoms with Crippen LogP contribution in [-0.4, -0.2) is 16.3 Å². The van der Waals surface area contributed by atoms with Crippen LogP contribution in [0.25, 0.3) is 0 Å². The summed E-state index contributed by atoms with van der Waals surface area (Å²) in [6.07, 6.45) is 9.99. The third-order valence-electron chi connectivity index (χ3n) is 1.81. The molecule has 0 aliphatic rings. The fraction of sp³-hybridized carbons (Fsp3) is 1.00. The average Bonchev–Trinajstić information content (AvgIpc) is 1.97. The second-order valence-electron chi connectivity index (χ2n) is 2.91. The molecule has 0 fully saturated rings. The summed E-state index contributed by atoms with van der Waals surface area (Å²) in [5, 5.41) is 1.29. The van der Waals surface area contributed by atoms with Crippen LogP contribution in [0.5, 0.6) is 0 Å².